The summed E-state index contributed by atoms with van der Waals surface area (Å²) < 4.78 is 0. The molecule has 0 bridgehead atoms. The lowest BCUT2D eigenvalue weighted by atomic mass is 9.96. The van der Waals surface area contributed by atoms with Gasteiger partial charge in [-0.2, -0.15) is 0 Å². The molecule has 2 atom stereocenters. The summed E-state index contributed by atoms with van der Waals surface area (Å²) >= 11 is 0. The van der Waals surface area contributed by atoms with E-state index in [0.717, 1.165) is 11.8 Å². The lowest BCUT2D eigenvalue weighted by Gasteiger charge is -2.09. The highest BCUT2D eigenvalue weighted by atomic mass is 14.1. The summed E-state index contributed by atoms with van der Waals surface area (Å²) in [5, 5.41) is 0. The van der Waals surface area contributed by atoms with Gasteiger partial charge in [0, 0.05) is 0 Å². The Kier molecular flexibility index (Phi) is 3.84. The van der Waals surface area contributed by atoms with Gasteiger partial charge in [0.2, 0.25) is 0 Å². The fourth-order valence-corrected chi connectivity index (χ4v) is 2.07. The number of allylic oxidation sites excluding steroid dienone is 2. The first kappa shape index (κ1) is 9.83. The molecule has 0 heterocycles. The lowest BCUT2D eigenvalue weighted by Crippen LogP contribution is -1.95. The molecule has 0 N–H and O–H groups in total. The van der Waals surface area contributed by atoms with Crippen LogP contribution in [0.25, 0.3) is 0 Å². The lowest BCUT2D eigenvalue weighted by molar-refractivity contribution is 0.452. The second-order valence-electron chi connectivity index (χ2n) is 4.63. The summed E-state index contributed by atoms with van der Waals surface area (Å²) in [7, 11) is 0. The number of hydrogen-bond donors (Lipinski definition) is 0. The average Bonchev–Trinajstić information content (AvgIpc) is 2.05. The highest BCUT2D eigenvalue weighted by Crippen LogP contribution is 2.24. The Bertz CT molecular complexity index is 155. The third kappa shape index (κ3) is 3.42. The second kappa shape index (κ2) is 4.69. The number of rotatable bonds is 0. The molecular weight excluding hydrogens is 144 g/mol. The van der Waals surface area contributed by atoms with Gasteiger partial charge in [-0.1, -0.05) is 44.8 Å². The van der Waals surface area contributed by atoms with E-state index in [1.54, 1.807) is 5.57 Å². The van der Waals surface area contributed by atoms with Crippen molar-refractivity contribution in [1.29, 1.82) is 0 Å². The summed E-state index contributed by atoms with van der Waals surface area (Å²) in [5.41, 5.74) is 1.61. The molecule has 0 aromatic heterocycles. The summed E-state index contributed by atoms with van der Waals surface area (Å²) in [5.74, 6) is 1.82. The Hall–Kier alpha value is -0.260. The minimum Gasteiger partial charge on any atom is -0.0853 e. The third-order valence-electron chi connectivity index (χ3n) is 2.93. The molecule has 0 radical (unpaired) electrons. The van der Waals surface area contributed by atoms with Crippen molar-refractivity contribution < 1.29 is 0 Å². The van der Waals surface area contributed by atoms with Gasteiger partial charge >= 0.3 is 0 Å². The second-order valence-corrected chi connectivity index (χ2v) is 4.63. The van der Waals surface area contributed by atoms with E-state index in [1.807, 2.05) is 0 Å². The predicted molar refractivity (Wildman–Crippen MR) is 55.2 cm³/mol. The zero-order valence-corrected chi connectivity index (χ0v) is 8.77. The molecule has 0 heteroatoms. The van der Waals surface area contributed by atoms with E-state index >= 15 is 0 Å². The molecule has 0 amide bonds. The fraction of sp³-hybridized carbons (Fsp3) is 0.833. The van der Waals surface area contributed by atoms with E-state index in [0.29, 0.717) is 0 Å². The summed E-state index contributed by atoms with van der Waals surface area (Å²) in [4.78, 5) is 0. The minimum absolute atomic E-state index is 0.908. The SMILES string of the molecule is C/C1=C/CC(C)CCCC(C)C1. The van der Waals surface area contributed by atoms with Crippen molar-refractivity contribution >= 4 is 0 Å². The van der Waals surface area contributed by atoms with E-state index in [2.05, 4.69) is 26.8 Å². The first-order chi connectivity index (χ1) is 5.68. The van der Waals surface area contributed by atoms with Crippen molar-refractivity contribution in [3.05, 3.63) is 11.6 Å². The van der Waals surface area contributed by atoms with Gasteiger partial charge in [0.15, 0.2) is 0 Å². The molecule has 1 aliphatic carbocycles. The standard InChI is InChI=1S/C12H22/c1-10-5-4-6-11(2)9-12(3)8-7-10/h8,10-11H,4-7,9H2,1-3H3/b12-8-. The van der Waals surface area contributed by atoms with Gasteiger partial charge in [0.25, 0.3) is 0 Å². The molecule has 0 saturated carbocycles. The molecule has 70 valence electrons. The smallest absolute Gasteiger partial charge is 0.0297 e. The molecule has 0 saturated heterocycles. The molecule has 0 aromatic rings. The van der Waals surface area contributed by atoms with Crippen molar-refractivity contribution in [2.24, 2.45) is 11.8 Å². The first-order valence-electron chi connectivity index (χ1n) is 5.34. The molecule has 12 heavy (non-hydrogen) atoms. The van der Waals surface area contributed by atoms with Crippen LogP contribution in [0.4, 0.5) is 0 Å². The van der Waals surface area contributed by atoms with E-state index in [9.17, 15) is 0 Å². The van der Waals surface area contributed by atoms with Gasteiger partial charge < -0.3 is 0 Å². The summed E-state index contributed by atoms with van der Waals surface area (Å²) in [6.45, 7) is 7.04. The highest BCUT2D eigenvalue weighted by Gasteiger charge is 2.08. The van der Waals surface area contributed by atoms with Crippen LogP contribution < -0.4 is 0 Å². The number of hydrogen-bond acceptors (Lipinski definition) is 0. The van der Waals surface area contributed by atoms with Crippen LogP contribution in [0.1, 0.15) is 52.9 Å². The Balaban J connectivity index is 2.49. The highest BCUT2D eigenvalue weighted by molar-refractivity contribution is 5.00. The largest absolute Gasteiger partial charge is 0.0853 e. The van der Waals surface area contributed by atoms with Crippen LogP contribution in [-0.4, -0.2) is 0 Å². The van der Waals surface area contributed by atoms with Crippen LogP contribution in [0.5, 0.6) is 0 Å². The third-order valence-corrected chi connectivity index (χ3v) is 2.93. The van der Waals surface area contributed by atoms with Crippen LogP contribution in [0.2, 0.25) is 0 Å². The zero-order valence-electron chi connectivity index (χ0n) is 8.77. The normalized spacial score (nSPS) is 37.4. The maximum absolute atomic E-state index is 2.45. The maximum atomic E-state index is 2.45. The molecule has 0 spiro atoms. The van der Waals surface area contributed by atoms with Crippen molar-refractivity contribution in [3.63, 3.8) is 0 Å². The van der Waals surface area contributed by atoms with Gasteiger partial charge in [0.05, 0.1) is 0 Å². The topological polar surface area (TPSA) is 0 Å². The van der Waals surface area contributed by atoms with Gasteiger partial charge in [-0.3, -0.25) is 0 Å². The summed E-state index contributed by atoms with van der Waals surface area (Å²) in [6.07, 6.45) is 9.37. The van der Waals surface area contributed by atoms with Gasteiger partial charge in [-0.05, 0) is 31.6 Å². The molecule has 0 aromatic carbocycles. The zero-order chi connectivity index (χ0) is 8.97. The van der Waals surface area contributed by atoms with Crippen LogP contribution in [-0.2, 0) is 0 Å². The molecule has 1 rings (SSSR count). The van der Waals surface area contributed by atoms with Crippen molar-refractivity contribution in [3.8, 4) is 0 Å². The van der Waals surface area contributed by atoms with Crippen LogP contribution >= 0.6 is 0 Å². The van der Waals surface area contributed by atoms with Gasteiger partial charge in [-0.15, -0.1) is 0 Å². The van der Waals surface area contributed by atoms with E-state index in [-0.39, 0.29) is 0 Å². The van der Waals surface area contributed by atoms with Crippen LogP contribution in [0.3, 0.4) is 0 Å². The molecule has 0 nitrogen and oxygen atoms in total. The predicted octanol–water partition coefficient (Wildman–Crippen LogP) is 4.17. The van der Waals surface area contributed by atoms with E-state index in [4.69, 9.17) is 0 Å². The van der Waals surface area contributed by atoms with Crippen molar-refractivity contribution in [2.75, 3.05) is 0 Å². The first-order valence-corrected chi connectivity index (χ1v) is 5.34. The molecule has 2 unspecified atom stereocenters. The fourth-order valence-electron chi connectivity index (χ4n) is 2.07. The van der Waals surface area contributed by atoms with Gasteiger partial charge in [-0.25, -0.2) is 0 Å². The summed E-state index contributed by atoms with van der Waals surface area (Å²) in [6, 6.07) is 0. The van der Waals surface area contributed by atoms with Gasteiger partial charge in [0.1, 0.15) is 0 Å². The van der Waals surface area contributed by atoms with Crippen LogP contribution in [0, 0.1) is 11.8 Å². The van der Waals surface area contributed by atoms with E-state index < -0.39 is 0 Å². The average molecular weight is 166 g/mol. The Morgan fingerprint density at radius 1 is 1.17 bits per heavy atom. The molecule has 0 aliphatic heterocycles. The quantitative estimate of drug-likeness (QED) is 0.474. The van der Waals surface area contributed by atoms with Crippen molar-refractivity contribution in [1.82, 2.24) is 0 Å². The Morgan fingerprint density at radius 3 is 2.58 bits per heavy atom. The molecule has 1 aliphatic rings. The molecular formula is C12H22. The Labute approximate surface area is 77.1 Å². The minimum atomic E-state index is 0.908. The van der Waals surface area contributed by atoms with Crippen molar-refractivity contribution in [2.45, 2.75) is 52.9 Å². The monoisotopic (exact) mass is 166 g/mol. The van der Waals surface area contributed by atoms with Crippen LogP contribution in [0.15, 0.2) is 11.6 Å². The molecule has 0 fully saturated rings. The van der Waals surface area contributed by atoms with E-state index in [1.165, 1.54) is 32.1 Å². The Morgan fingerprint density at radius 2 is 1.83 bits per heavy atom. The maximum Gasteiger partial charge on any atom is -0.0297 e.